The standard InChI is InChI=1S/C26H24N6O2/c1-34-23-8-3-2-7-21(23)31-26(33)30-20-6-4-5-18(13-20)19-10-9-17-11-12-32(22(17)14-19)25-15-24(27)28-16-29-25/h2-17,22H,1H3,(H2,27,28,29)(H2,30,31,33). The quantitative estimate of drug-likeness (QED) is 0.519. The number of rotatable bonds is 5. The molecule has 0 radical (unpaired) electrons. The fraction of sp³-hybridized carbons (Fsp3) is 0.115. The number of aromatic nitrogens is 2. The van der Waals surface area contributed by atoms with Crippen molar-refractivity contribution < 1.29 is 9.53 Å². The highest BCUT2D eigenvalue weighted by molar-refractivity contribution is 6.01. The van der Waals surface area contributed by atoms with Gasteiger partial charge >= 0.3 is 6.03 Å². The first-order valence-corrected chi connectivity index (χ1v) is 10.9. The van der Waals surface area contributed by atoms with Crippen molar-refractivity contribution in [2.45, 2.75) is 6.04 Å². The Morgan fingerprint density at radius 1 is 1.06 bits per heavy atom. The van der Waals surface area contributed by atoms with E-state index < -0.39 is 0 Å². The number of carbonyl (C=O) groups is 1. The van der Waals surface area contributed by atoms with Gasteiger partial charge in [-0.15, -0.1) is 0 Å². The van der Waals surface area contributed by atoms with Crippen LogP contribution in [-0.2, 0) is 0 Å². The lowest BCUT2D eigenvalue weighted by Crippen LogP contribution is -2.31. The summed E-state index contributed by atoms with van der Waals surface area (Å²) in [7, 11) is 1.57. The molecular weight excluding hydrogens is 428 g/mol. The monoisotopic (exact) mass is 452 g/mol. The lowest BCUT2D eigenvalue weighted by Gasteiger charge is -2.28. The Kier molecular flexibility index (Phi) is 5.70. The lowest BCUT2D eigenvalue weighted by molar-refractivity contribution is 0.262. The summed E-state index contributed by atoms with van der Waals surface area (Å²) in [5.74, 6) is 2.03. The molecule has 5 rings (SSSR count). The summed E-state index contributed by atoms with van der Waals surface area (Å²) in [5.41, 5.74) is 9.20. The first-order chi connectivity index (χ1) is 16.6. The van der Waals surface area contributed by atoms with Gasteiger partial charge in [0.05, 0.1) is 18.8 Å². The van der Waals surface area contributed by atoms with E-state index in [0.29, 0.717) is 22.9 Å². The minimum Gasteiger partial charge on any atom is -0.495 e. The predicted molar refractivity (Wildman–Crippen MR) is 135 cm³/mol. The van der Waals surface area contributed by atoms with Crippen LogP contribution in [0, 0.1) is 5.92 Å². The number of nitrogens with zero attached hydrogens (tertiary/aromatic N) is 3. The molecule has 0 bridgehead atoms. The fourth-order valence-corrected chi connectivity index (χ4v) is 4.15. The van der Waals surface area contributed by atoms with E-state index in [1.807, 2.05) is 42.6 Å². The van der Waals surface area contributed by atoms with Gasteiger partial charge < -0.3 is 26.0 Å². The Morgan fingerprint density at radius 3 is 2.79 bits per heavy atom. The van der Waals surface area contributed by atoms with Gasteiger partial charge in [0.25, 0.3) is 0 Å². The topological polar surface area (TPSA) is 105 Å². The number of amides is 2. The van der Waals surface area contributed by atoms with Crippen molar-refractivity contribution in [3.05, 3.63) is 97.0 Å². The molecule has 3 aromatic rings. The summed E-state index contributed by atoms with van der Waals surface area (Å²) in [6, 6.07) is 16.5. The molecule has 2 atom stereocenters. The molecule has 2 unspecified atom stereocenters. The van der Waals surface area contributed by atoms with Gasteiger partial charge in [0.15, 0.2) is 0 Å². The van der Waals surface area contributed by atoms with Crippen molar-refractivity contribution in [3.8, 4) is 5.75 Å². The van der Waals surface area contributed by atoms with Crippen molar-refractivity contribution in [2.75, 3.05) is 28.4 Å². The van der Waals surface area contributed by atoms with Crippen molar-refractivity contribution >= 4 is 34.6 Å². The number of para-hydroxylation sites is 2. The molecule has 2 heterocycles. The van der Waals surface area contributed by atoms with Crippen molar-refractivity contribution in [1.29, 1.82) is 0 Å². The maximum absolute atomic E-state index is 12.6. The summed E-state index contributed by atoms with van der Waals surface area (Å²) in [4.78, 5) is 23.0. The molecule has 0 saturated heterocycles. The third-order valence-electron chi connectivity index (χ3n) is 5.78. The molecule has 4 N–H and O–H groups in total. The Bertz CT molecular complexity index is 1320. The van der Waals surface area contributed by atoms with E-state index in [0.717, 1.165) is 17.0 Å². The number of hydrogen-bond donors (Lipinski definition) is 3. The molecule has 8 nitrogen and oxygen atoms in total. The highest BCUT2D eigenvalue weighted by Crippen LogP contribution is 2.35. The van der Waals surface area contributed by atoms with Crippen LogP contribution in [0.15, 0.2) is 91.4 Å². The Morgan fingerprint density at radius 2 is 1.94 bits per heavy atom. The molecule has 2 aliphatic rings. The first kappa shape index (κ1) is 21.3. The number of fused-ring (bicyclic) bond motifs is 1. The SMILES string of the molecule is COc1ccccc1NC(=O)Nc1cccc(C2=CC3C(C=C2)C=CN3c2cc(N)ncn2)c1. The van der Waals surface area contributed by atoms with Crippen LogP contribution < -0.4 is 26.0 Å². The second-order valence-electron chi connectivity index (χ2n) is 7.96. The van der Waals surface area contributed by atoms with Gasteiger partial charge in [-0.1, -0.05) is 48.6 Å². The number of nitrogens with one attached hydrogen (secondary N) is 2. The number of hydrogen-bond acceptors (Lipinski definition) is 6. The van der Waals surface area contributed by atoms with Crippen molar-refractivity contribution in [2.24, 2.45) is 5.92 Å². The molecule has 8 heteroatoms. The molecule has 34 heavy (non-hydrogen) atoms. The van der Waals surface area contributed by atoms with E-state index in [4.69, 9.17) is 10.5 Å². The molecule has 1 aromatic heterocycles. The van der Waals surface area contributed by atoms with E-state index in [1.165, 1.54) is 6.33 Å². The van der Waals surface area contributed by atoms with Gasteiger partial charge in [-0.05, 0) is 35.4 Å². The molecule has 0 fully saturated rings. The average molecular weight is 453 g/mol. The molecule has 0 saturated carbocycles. The second-order valence-corrected chi connectivity index (χ2v) is 7.96. The highest BCUT2D eigenvalue weighted by atomic mass is 16.5. The molecule has 1 aliphatic carbocycles. The van der Waals surface area contributed by atoms with Crippen LogP contribution >= 0.6 is 0 Å². The van der Waals surface area contributed by atoms with Crippen LogP contribution in [0.2, 0.25) is 0 Å². The Balaban J connectivity index is 1.33. The maximum Gasteiger partial charge on any atom is 0.323 e. The normalized spacial score (nSPS) is 18.3. The molecule has 2 amide bonds. The van der Waals surface area contributed by atoms with Crippen LogP contribution in [0.25, 0.3) is 5.57 Å². The summed E-state index contributed by atoms with van der Waals surface area (Å²) >= 11 is 0. The number of ether oxygens (including phenoxy) is 1. The number of carbonyl (C=O) groups excluding carboxylic acids is 1. The number of benzene rings is 2. The van der Waals surface area contributed by atoms with Gasteiger partial charge in [-0.25, -0.2) is 14.8 Å². The zero-order chi connectivity index (χ0) is 23.5. The van der Waals surface area contributed by atoms with Crippen molar-refractivity contribution in [1.82, 2.24) is 9.97 Å². The van der Waals surface area contributed by atoms with Gasteiger partial charge in [-0.2, -0.15) is 0 Å². The number of nitrogen functional groups attached to an aromatic ring is 1. The second kappa shape index (κ2) is 9.11. The third kappa shape index (κ3) is 4.33. The fourth-order valence-electron chi connectivity index (χ4n) is 4.15. The largest absolute Gasteiger partial charge is 0.495 e. The van der Waals surface area contributed by atoms with Gasteiger partial charge in [0.1, 0.15) is 23.7 Å². The van der Waals surface area contributed by atoms with E-state index in [1.54, 1.807) is 25.3 Å². The van der Waals surface area contributed by atoms with Gasteiger partial charge in [-0.3, -0.25) is 0 Å². The van der Waals surface area contributed by atoms with E-state index in [-0.39, 0.29) is 18.0 Å². The average Bonchev–Trinajstić information content (AvgIpc) is 3.28. The Labute approximate surface area is 197 Å². The van der Waals surface area contributed by atoms with Gasteiger partial charge in [0.2, 0.25) is 0 Å². The summed E-state index contributed by atoms with van der Waals surface area (Å²) in [6.45, 7) is 0. The van der Waals surface area contributed by atoms with E-state index in [2.05, 4.69) is 49.8 Å². The number of allylic oxidation sites excluding steroid dienone is 2. The summed E-state index contributed by atoms with van der Waals surface area (Å²) < 4.78 is 5.29. The van der Waals surface area contributed by atoms with E-state index in [9.17, 15) is 4.79 Å². The number of anilines is 4. The molecular formula is C26H24N6O2. The first-order valence-electron chi connectivity index (χ1n) is 10.9. The number of methoxy groups -OCH3 is 1. The number of urea groups is 1. The molecule has 0 spiro atoms. The summed E-state index contributed by atoms with van der Waals surface area (Å²) in [6.07, 6.45) is 12.1. The van der Waals surface area contributed by atoms with E-state index >= 15 is 0 Å². The summed E-state index contributed by atoms with van der Waals surface area (Å²) in [5, 5.41) is 5.72. The molecule has 170 valence electrons. The number of nitrogens with two attached hydrogens (primary N) is 1. The molecule has 1 aliphatic heterocycles. The van der Waals surface area contributed by atoms with Crippen LogP contribution in [0.4, 0.5) is 27.8 Å². The van der Waals surface area contributed by atoms with Crippen LogP contribution in [0.3, 0.4) is 0 Å². The lowest BCUT2D eigenvalue weighted by atomic mass is 9.90. The molecule has 2 aromatic carbocycles. The predicted octanol–water partition coefficient (Wildman–Crippen LogP) is 4.68. The smallest absolute Gasteiger partial charge is 0.323 e. The van der Waals surface area contributed by atoms with Gasteiger partial charge in [0, 0.05) is 23.9 Å². The van der Waals surface area contributed by atoms with Crippen LogP contribution in [-0.4, -0.2) is 29.2 Å². The zero-order valence-electron chi connectivity index (χ0n) is 18.6. The Hall–Kier alpha value is -4.59. The minimum atomic E-state index is -0.345. The van der Waals surface area contributed by atoms with Crippen molar-refractivity contribution in [3.63, 3.8) is 0 Å². The van der Waals surface area contributed by atoms with Crippen LogP contribution in [0.1, 0.15) is 5.56 Å². The zero-order valence-corrected chi connectivity index (χ0v) is 18.6. The maximum atomic E-state index is 12.6. The minimum absolute atomic E-state index is 0.0831. The van der Waals surface area contributed by atoms with Crippen LogP contribution in [0.5, 0.6) is 5.75 Å². The third-order valence-corrected chi connectivity index (χ3v) is 5.78. The highest BCUT2D eigenvalue weighted by Gasteiger charge is 2.30.